The Morgan fingerprint density at radius 1 is 1.11 bits per heavy atom. The average molecular weight is 144 g/mol. The molecule has 0 aromatic rings. The van der Waals surface area contributed by atoms with Gasteiger partial charge in [-0.15, -0.1) is 0 Å². The van der Waals surface area contributed by atoms with Gasteiger partial charge in [0, 0.05) is 0 Å². The van der Waals surface area contributed by atoms with Crippen LogP contribution in [0.4, 0.5) is 0 Å². The molecule has 5 nitrogen and oxygen atoms in total. The molecule has 48 valence electrons. The summed E-state index contributed by atoms with van der Waals surface area (Å²) in [5, 5.41) is 21.5. The van der Waals surface area contributed by atoms with Crippen molar-refractivity contribution in [2.75, 3.05) is 0 Å². The second kappa shape index (κ2) is 15.7. The largest absolute Gasteiger partial charge is 1.00 e. The fourth-order valence-corrected chi connectivity index (χ4v) is 0. The van der Waals surface area contributed by atoms with Crippen molar-refractivity contribution in [3.63, 3.8) is 0 Å². The number of hydrogen-bond donors (Lipinski definition) is 3. The number of hydrogen-bond acceptors (Lipinski definition) is 5. The second-order valence-electron chi connectivity index (χ2n) is 0.619. The van der Waals surface area contributed by atoms with Gasteiger partial charge < -0.3 is 16.5 Å². The van der Waals surface area contributed by atoms with Crippen LogP contribution in [-0.2, 0) is 9.59 Å². The molecule has 0 rings (SSSR count). The molecule has 0 aromatic heterocycles. The van der Waals surface area contributed by atoms with Crippen LogP contribution in [0, 0.1) is 0 Å². The first-order chi connectivity index (χ1) is 3.65. The molecule has 0 radical (unpaired) electrons. The Hall–Kier alpha value is 0.285. The van der Waals surface area contributed by atoms with Crippen molar-refractivity contribution in [3.05, 3.63) is 0 Å². The van der Waals surface area contributed by atoms with Crippen LogP contribution in [0.15, 0.2) is 0 Å². The normalized spacial score (nSPS) is 5.22. The summed E-state index contributed by atoms with van der Waals surface area (Å²) in [5.74, 6) is 0. The fraction of sp³-hybridized carbons (Fsp3) is 0. The molecule has 0 aliphatic carbocycles. The molecule has 0 aromatic carbocycles. The number of carbonyl (C=O) groups is 2. The maximum absolute atomic E-state index is 8.81. The first-order valence-electron chi connectivity index (χ1n) is 1.58. The van der Waals surface area contributed by atoms with Crippen LogP contribution < -0.4 is 29.6 Å². The second-order valence-corrected chi connectivity index (χ2v) is 0.619. The molecule has 0 bridgehead atoms. The quantitative estimate of drug-likeness (QED) is 0.194. The number of carbonyl (C=O) groups excluding carboxylic acids is 2. The molecule has 0 saturated heterocycles. The van der Waals surface area contributed by atoms with Gasteiger partial charge in [0.1, 0.15) is 0 Å². The molecule has 0 spiro atoms. The fourth-order valence-electron chi connectivity index (χ4n) is 0. The van der Waals surface area contributed by atoms with E-state index < -0.39 is 7.32 Å². The monoisotopic (exact) mass is 144 g/mol. The van der Waals surface area contributed by atoms with Crippen molar-refractivity contribution in [2.45, 2.75) is 0 Å². The van der Waals surface area contributed by atoms with E-state index in [9.17, 15) is 0 Å². The zero-order valence-corrected chi connectivity index (χ0v) is 6.89. The Morgan fingerprint density at radius 3 is 1.22 bits per heavy atom. The van der Waals surface area contributed by atoms with E-state index in [-0.39, 0.29) is 43.6 Å². The van der Waals surface area contributed by atoms with E-state index in [2.05, 4.69) is 0 Å². The summed E-state index contributed by atoms with van der Waals surface area (Å²) in [6.07, 6.45) is 0.389. The van der Waals surface area contributed by atoms with Gasteiger partial charge in [-0.3, -0.25) is 9.59 Å². The molecule has 0 unspecified atom stereocenters. The summed E-state index contributed by atoms with van der Waals surface area (Å²) >= 11 is 0. The maximum Gasteiger partial charge on any atom is 1.00 e. The standard InChI is InChI=1S/C2H2O2.BH3O3.Na.H/c3-1-2-4;2-1(3)4;;/h1-2H;2-4H;;/q;;+1;-1. The van der Waals surface area contributed by atoms with Crippen LogP contribution in [0.2, 0.25) is 0 Å². The van der Waals surface area contributed by atoms with Gasteiger partial charge >= 0.3 is 36.9 Å². The summed E-state index contributed by atoms with van der Waals surface area (Å²) in [4.78, 5) is 17.6. The van der Waals surface area contributed by atoms with E-state index in [4.69, 9.17) is 24.7 Å². The van der Waals surface area contributed by atoms with Crippen molar-refractivity contribution in [1.29, 1.82) is 0 Å². The van der Waals surface area contributed by atoms with E-state index in [0.717, 1.165) is 0 Å². The van der Waals surface area contributed by atoms with Crippen LogP contribution in [0.3, 0.4) is 0 Å². The molecule has 0 saturated carbocycles. The molecular weight excluding hydrogens is 138 g/mol. The summed E-state index contributed by atoms with van der Waals surface area (Å²) in [6, 6.07) is 0. The van der Waals surface area contributed by atoms with Crippen molar-refractivity contribution < 1.29 is 55.6 Å². The molecule has 0 aliphatic rings. The summed E-state index contributed by atoms with van der Waals surface area (Å²) < 4.78 is 0. The smallest absolute Gasteiger partial charge is 1.00 e. The first kappa shape index (κ1) is 16.1. The van der Waals surface area contributed by atoms with E-state index in [1.165, 1.54) is 0 Å². The van der Waals surface area contributed by atoms with Crippen molar-refractivity contribution in [3.8, 4) is 0 Å². The van der Waals surface area contributed by atoms with Gasteiger partial charge in [0.2, 0.25) is 0 Å². The third kappa shape index (κ3) is 198. The minimum absolute atomic E-state index is 0. The molecule has 9 heavy (non-hydrogen) atoms. The molecule has 0 heterocycles. The molecule has 3 N–H and O–H groups in total. The van der Waals surface area contributed by atoms with E-state index in [0.29, 0.717) is 0 Å². The Morgan fingerprint density at radius 2 is 1.22 bits per heavy atom. The number of rotatable bonds is 1. The van der Waals surface area contributed by atoms with E-state index in [1.807, 2.05) is 0 Å². The summed E-state index contributed by atoms with van der Waals surface area (Å²) in [7, 11) is -2.17. The predicted octanol–water partition coefficient (Wildman–Crippen LogP) is -5.55. The van der Waals surface area contributed by atoms with Crippen LogP contribution in [0.5, 0.6) is 0 Å². The Bertz CT molecular complexity index is 61.9. The molecule has 0 fully saturated rings. The minimum atomic E-state index is -2.17. The molecular formula is C2H6BNaO5. The van der Waals surface area contributed by atoms with Crippen LogP contribution in [0.1, 0.15) is 1.43 Å². The Kier molecular flexibility index (Phi) is 28.2. The van der Waals surface area contributed by atoms with Crippen molar-refractivity contribution in [2.24, 2.45) is 0 Å². The van der Waals surface area contributed by atoms with Gasteiger partial charge in [-0.25, -0.2) is 0 Å². The molecule has 7 heteroatoms. The van der Waals surface area contributed by atoms with Crippen LogP contribution in [-0.4, -0.2) is 35.0 Å². The van der Waals surface area contributed by atoms with Crippen molar-refractivity contribution in [1.82, 2.24) is 0 Å². The molecule has 0 atom stereocenters. The SMILES string of the molecule is O=CC=O.OB(O)O.[H-].[Na+]. The zero-order valence-electron chi connectivity index (χ0n) is 5.89. The van der Waals surface area contributed by atoms with E-state index in [1.54, 1.807) is 0 Å². The van der Waals surface area contributed by atoms with Gasteiger partial charge in [0.05, 0.1) is 0 Å². The minimum Gasteiger partial charge on any atom is -1.00 e. The number of aldehydes is 2. The van der Waals surface area contributed by atoms with Crippen LogP contribution in [0.25, 0.3) is 0 Å². The third-order valence-electron chi connectivity index (χ3n) is 0.0556. The van der Waals surface area contributed by atoms with Gasteiger partial charge in [0.15, 0.2) is 12.6 Å². The maximum atomic E-state index is 8.81. The van der Waals surface area contributed by atoms with Gasteiger partial charge in [0.25, 0.3) is 0 Å². The van der Waals surface area contributed by atoms with Gasteiger partial charge in [-0.05, 0) is 0 Å². The predicted molar refractivity (Wildman–Crippen MR) is 25.7 cm³/mol. The topological polar surface area (TPSA) is 94.8 Å². The molecule has 0 amide bonds. The summed E-state index contributed by atoms with van der Waals surface area (Å²) in [5.41, 5.74) is 0. The molecule has 0 aliphatic heterocycles. The third-order valence-corrected chi connectivity index (χ3v) is 0.0556. The summed E-state index contributed by atoms with van der Waals surface area (Å²) in [6.45, 7) is 0. The van der Waals surface area contributed by atoms with Gasteiger partial charge in [-0.2, -0.15) is 0 Å². The van der Waals surface area contributed by atoms with Crippen LogP contribution >= 0.6 is 0 Å². The van der Waals surface area contributed by atoms with E-state index >= 15 is 0 Å². The zero-order chi connectivity index (χ0) is 6.99. The Labute approximate surface area is 75.6 Å². The van der Waals surface area contributed by atoms with Crippen molar-refractivity contribution >= 4 is 19.9 Å². The first-order valence-corrected chi connectivity index (χ1v) is 1.58. The Balaban J connectivity index is -0.0000000300. The van der Waals surface area contributed by atoms with Gasteiger partial charge in [-0.1, -0.05) is 0 Å². The average Bonchev–Trinajstić information content (AvgIpc) is 1.65.